The van der Waals surface area contributed by atoms with Gasteiger partial charge in [-0.2, -0.15) is 0 Å². The molecule has 0 saturated carbocycles. The van der Waals surface area contributed by atoms with Gasteiger partial charge in [-0.25, -0.2) is 5.01 Å². The Labute approximate surface area is 99.9 Å². The zero-order valence-corrected chi connectivity index (χ0v) is 9.80. The fraction of sp³-hybridized carbons (Fsp3) is 0.455. The van der Waals surface area contributed by atoms with Crippen LogP contribution in [0.3, 0.4) is 0 Å². The molecule has 1 aromatic rings. The van der Waals surface area contributed by atoms with Crippen LogP contribution >= 0.6 is 0 Å². The summed E-state index contributed by atoms with van der Waals surface area (Å²) in [5.74, 6) is 0. The van der Waals surface area contributed by atoms with Gasteiger partial charge in [0.2, 0.25) is 0 Å². The molecule has 0 spiro atoms. The third kappa shape index (κ3) is 3.15. The molecule has 1 aliphatic rings. The third-order valence-corrected chi connectivity index (χ3v) is 2.87. The largest absolute Gasteiger partial charge is 0.319 e. The van der Waals surface area contributed by atoms with Crippen molar-refractivity contribution in [1.82, 2.24) is 9.91 Å². The van der Waals surface area contributed by atoms with Crippen molar-refractivity contribution in [2.75, 3.05) is 38.7 Å². The molecule has 17 heavy (non-hydrogen) atoms. The number of anilines is 1. The summed E-state index contributed by atoms with van der Waals surface area (Å²) in [6.07, 6.45) is 0. The van der Waals surface area contributed by atoms with E-state index in [-0.39, 0.29) is 10.6 Å². The maximum absolute atomic E-state index is 10.5. The first-order valence-electron chi connectivity index (χ1n) is 5.60. The van der Waals surface area contributed by atoms with Crippen LogP contribution in [0.15, 0.2) is 24.3 Å². The first-order chi connectivity index (χ1) is 8.15. The second-order valence-electron chi connectivity index (χ2n) is 4.21. The van der Waals surface area contributed by atoms with Crippen LogP contribution in [0.1, 0.15) is 0 Å². The number of hydrogen-bond donors (Lipinski definition) is 1. The Bertz CT molecular complexity index is 385. The lowest BCUT2D eigenvalue weighted by Gasteiger charge is -2.33. The molecule has 0 unspecified atom stereocenters. The minimum absolute atomic E-state index is 0.119. The van der Waals surface area contributed by atoms with E-state index in [1.807, 2.05) is 0 Å². The van der Waals surface area contributed by atoms with E-state index in [2.05, 4.69) is 22.4 Å². The number of benzene rings is 1. The van der Waals surface area contributed by atoms with Crippen molar-refractivity contribution in [3.05, 3.63) is 34.4 Å². The zero-order valence-electron chi connectivity index (χ0n) is 9.80. The highest BCUT2D eigenvalue weighted by Gasteiger charge is 2.13. The molecule has 92 valence electrons. The molecular weight excluding hydrogens is 220 g/mol. The second kappa shape index (κ2) is 5.11. The molecule has 0 aliphatic carbocycles. The first-order valence-corrected chi connectivity index (χ1v) is 5.60. The van der Waals surface area contributed by atoms with E-state index in [1.54, 1.807) is 12.1 Å². The van der Waals surface area contributed by atoms with Gasteiger partial charge in [0.25, 0.3) is 5.69 Å². The van der Waals surface area contributed by atoms with E-state index < -0.39 is 0 Å². The Hall–Kier alpha value is -1.66. The van der Waals surface area contributed by atoms with Gasteiger partial charge in [-0.1, -0.05) is 0 Å². The molecule has 6 heteroatoms. The molecule has 0 aromatic heterocycles. The lowest BCUT2D eigenvalue weighted by molar-refractivity contribution is -0.384. The van der Waals surface area contributed by atoms with Crippen LogP contribution < -0.4 is 5.43 Å². The minimum atomic E-state index is -0.389. The number of non-ortho nitro benzene ring substituents is 1. The van der Waals surface area contributed by atoms with Gasteiger partial charge >= 0.3 is 0 Å². The fourth-order valence-corrected chi connectivity index (χ4v) is 1.76. The molecule has 1 aliphatic heterocycles. The Morgan fingerprint density at radius 2 is 1.76 bits per heavy atom. The first kappa shape index (κ1) is 11.8. The Morgan fingerprint density at radius 3 is 2.29 bits per heavy atom. The second-order valence-corrected chi connectivity index (χ2v) is 4.21. The summed E-state index contributed by atoms with van der Waals surface area (Å²) in [5, 5.41) is 12.6. The molecule has 1 heterocycles. The molecule has 1 saturated heterocycles. The number of likely N-dealkylation sites (N-methyl/N-ethyl adjacent to an activating group) is 1. The quantitative estimate of drug-likeness (QED) is 0.630. The predicted octanol–water partition coefficient (Wildman–Crippen LogP) is 1.17. The summed E-state index contributed by atoms with van der Waals surface area (Å²) >= 11 is 0. The maximum atomic E-state index is 10.5. The molecule has 0 bridgehead atoms. The summed E-state index contributed by atoms with van der Waals surface area (Å²) in [6, 6.07) is 6.49. The van der Waals surface area contributed by atoms with Crippen molar-refractivity contribution in [1.29, 1.82) is 0 Å². The number of hydrogen-bond acceptors (Lipinski definition) is 5. The van der Waals surface area contributed by atoms with E-state index in [1.165, 1.54) is 12.1 Å². The highest BCUT2D eigenvalue weighted by molar-refractivity contribution is 5.47. The molecule has 1 N–H and O–H groups in total. The van der Waals surface area contributed by atoms with Crippen molar-refractivity contribution in [2.45, 2.75) is 0 Å². The Kier molecular flexibility index (Phi) is 3.55. The van der Waals surface area contributed by atoms with Gasteiger partial charge in [0.05, 0.1) is 4.92 Å². The van der Waals surface area contributed by atoms with Crippen LogP contribution in [0.4, 0.5) is 11.4 Å². The van der Waals surface area contributed by atoms with E-state index >= 15 is 0 Å². The molecule has 0 amide bonds. The number of nitro groups is 1. The van der Waals surface area contributed by atoms with Crippen molar-refractivity contribution < 1.29 is 4.92 Å². The molecular formula is C11H16N4O2. The monoisotopic (exact) mass is 236 g/mol. The average Bonchev–Trinajstić information content (AvgIpc) is 2.33. The summed E-state index contributed by atoms with van der Waals surface area (Å²) < 4.78 is 0. The third-order valence-electron chi connectivity index (χ3n) is 2.87. The van der Waals surface area contributed by atoms with E-state index in [0.29, 0.717) is 0 Å². The summed E-state index contributed by atoms with van der Waals surface area (Å²) in [7, 11) is 2.10. The van der Waals surface area contributed by atoms with Crippen molar-refractivity contribution >= 4 is 11.4 Å². The minimum Gasteiger partial charge on any atom is -0.319 e. The Morgan fingerprint density at radius 1 is 1.18 bits per heavy atom. The Balaban J connectivity index is 1.92. The van der Waals surface area contributed by atoms with Crippen LogP contribution in [0.25, 0.3) is 0 Å². The lowest BCUT2D eigenvalue weighted by Crippen LogP contribution is -2.46. The van der Waals surface area contributed by atoms with Crippen LogP contribution in [0, 0.1) is 10.1 Å². The van der Waals surface area contributed by atoms with E-state index in [0.717, 1.165) is 31.9 Å². The zero-order chi connectivity index (χ0) is 12.3. The van der Waals surface area contributed by atoms with Crippen molar-refractivity contribution in [2.24, 2.45) is 0 Å². The number of nitrogens with zero attached hydrogens (tertiary/aromatic N) is 3. The molecule has 0 atom stereocenters. The standard InChI is InChI=1S/C11H16N4O2/c1-13-6-8-14(9-7-13)12-10-2-4-11(5-3-10)15(16)17/h2-5,12H,6-9H2,1H3. The van der Waals surface area contributed by atoms with E-state index in [4.69, 9.17) is 0 Å². The number of piperazine rings is 1. The fourth-order valence-electron chi connectivity index (χ4n) is 1.76. The summed E-state index contributed by atoms with van der Waals surface area (Å²) in [4.78, 5) is 12.4. The van der Waals surface area contributed by atoms with Gasteiger partial charge in [0.15, 0.2) is 0 Å². The highest BCUT2D eigenvalue weighted by atomic mass is 16.6. The average molecular weight is 236 g/mol. The number of nitrogens with one attached hydrogen (secondary N) is 1. The summed E-state index contributed by atoms with van der Waals surface area (Å²) in [5.41, 5.74) is 4.26. The van der Waals surface area contributed by atoms with Crippen molar-refractivity contribution in [3.8, 4) is 0 Å². The van der Waals surface area contributed by atoms with Gasteiger partial charge in [-0.05, 0) is 19.2 Å². The molecule has 2 rings (SSSR count). The molecule has 0 radical (unpaired) electrons. The summed E-state index contributed by atoms with van der Waals surface area (Å²) in [6.45, 7) is 3.96. The smallest absolute Gasteiger partial charge is 0.269 e. The molecule has 1 aromatic carbocycles. The van der Waals surface area contributed by atoms with Gasteiger partial charge in [0, 0.05) is 44.0 Å². The van der Waals surface area contributed by atoms with Gasteiger partial charge in [0.1, 0.15) is 0 Å². The number of rotatable bonds is 3. The number of nitro benzene ring substituents is 1. The highest BCUT2D eigenvalue weighted by Crippen LogP contribution is 2.16. The predicted molar refractivity (Wildman–Crippen MR) is 65.8 cm³/mol. The SMILES string of the molecule is CN1CCN(Nc2ccc([N+](=O)[O-])cc2)CC1. The molecule has 6 nitrogen and oxygen atoms in total. The lowest BCUT2D eigenvalue weighted by atomic mass is 10.3. The van der Waals surface area contributed by atoms with E-state index in [9.17, 15) is 10.1 Å². The van der Waals surface area contributed by atoms with Gasteiger partial charge in [-0.3, -0.25) is 10.1 Å². The normalized spacial score (nSPS) is 17.9. The topological polar surface area (TPSA) is 61.6 Å². The van der Waals surface area contributed by atoms with Crippen LogP contribution in [0.5, 0.6) is 0 Å². The van der Waals surface area contributed by atoms with Crippen LogP contribution in [-0.4, -0.2) is 48.1 Å². The maximum Gasteiger partial charge on any atom is 0.269 e. The van der Waals surface area contributed by atoms with Gasteiger partial charge < -0.3 is 10.3 Å². The van der Waals surface area contributed by atoms with Crippen LogP contribution in [0.2, 0.25) is 0 Å². The van der Waals surface area contributed by atoms with Crippen LogP contribution in [-0.2, 0) is 0 Å². The van der Waals surface area contributed by atoms with Crippen molar-refractivity contribution in [3.63, 3.8) is 0 Å². The number of hydrazine groups is 1. The van der Waals surface area contributed by atoms with Gasteiger partial charge in [-0.15, -0.1) is 0 Å². The molecule has 1 fully saturated rings.